The maximum absolute atomic E-state index is 13.1. The molecule has 1 fully saturated rings. The lowest BCUT2D eigenvalue weighted by atomic mass is 10.1. The van der Waals surface area contributed by atoms with Crippen LogP contribution >= 0.6 is 0 Å². The summed E-state index contributed by atoms with van der Waals surface area (Å²) < 4.78 is 17.8. The second-order valence-electron chi connectivity index (χ2n) is 4.13. The Bertz CT molecular complexity index is 523. The molecule has 0 aromatic carbocycles. The van der Waals surface area contributed by atoms with Crippen LogP contribution in [0.1, 0.15) is 17.0 Å². The van der Waals surface area contributed by atoms with Gasteiger partial charge in [-0.2, -0.15) is 9.37 Å². The molecule has 1 aliphatic heterocycles. The molecule has 102 valence electrons. The van der Waals surface area contributed by atoms with Crippen molar-refractivity contribution in [2.45, 2.75) is 6.42 Å². The molecule has 0 bridgehead atoms. The largest absolute Gasteiger partial charge is 0.481 e. The van der Waals surface area contributed by atoms with Gasteiger partial charge in [0.1, 0.15) is 0 Å². The van der Waals surface area contributed by atoms with E-state index in [9.17, 15) is 14.0 Å². The Kier molecular flexibility index (Phi) is 3.59. The first-order valence-electron chi connectivity index (χ1n) is 5.61. The highest BCUT2D eigenvalue weighted by Crippen LogP contribution is 2.19. The maximum Gasteiger partial charge on any atom is 0.308 e. The van der Waals surface area contributed by atoms with E-state index in [2.05, 4.69) is 14.7 Å². The van der Waals surface area contributed by atoms with Crippen LogP contribution in [-0.4, -0.2) is 52.1 Å². The van der Waals surface area contributed by atoms with E-state index >= 15 is 0 Å². The van der Waals surface area contributed by atoms with E-state index in [-0.39, 0.29) is 18.2 Å². The number of ether oxygens (including phenoxy) is 1. The normalized spacial score (nSPS) is 18.4. The SMILES string of the molecule is COc1nc(C(=O)N2CCC(C(=O)O)C2)ncc1F. The van der Waals surface area contributed by atoms with Crippen LogP contribution in [0.4, 0.5) is 4.39 Å². The van der Waals surface area contributed by atoms with Crippen molar-refractivity contribution in [1.82, 2.24) is 14.9 Å². The molecule has 1 aromatic heterocycles. The highest BCUT2D eigenvalue weighted by molar-refractivity contribution is 5.91. The van der Waals surface area contributed by atoms with E-state index in [0.717, 1.165) is 6.20 Å². The predicted octanol–water partition coefficient (Wildman–Crippen LogP) is 0.171. The zero-order chi connectivity index (χ0) is 14.0. The van der Waals surface area contributed by atoms with Gasteiger partial charge in [0.2, 0.25) is 11.6 Å². The van der Waals surface area contributed by atoms with Gasteiger partial charge in [0.15, 0.2) is 0 Å². The fourth-order valence-electron chi connectivity index (χ4n) is 1.89. The van der Waals surface area contributed by atoms with Crippen molar-refractivity contribution in [2.24, 2.45) is 5.92 Å². The number of aliphatic carboxylic acids is 1. The molecular weight excluding hydrogens is 257 g/mol. The number of hydrogen-bond acceptors (Lipinski definition) is 5. The van der Waals surface area contributed by atoms with Gasteiger partial charge in [-0.05, 0) is 6.42 Å². The van der Waals surface area contributed by atoms with Gasteiger partial charge in [-0.25, -0.2) is 4.98 Å². The summed E-state index contributed by atoms with van der Waals surface area (Å²) >= 11 is 0. The molecule has 0 saturated carbocycles. The standard InChI is InChI=1S/C11H12FN3O4/c1-19-9-7(12)4-13-8(14-9)10(16)15-3-2-6(5-15)11(17)18/h4,6H,2-3,5H2,1H3,(H,17,18). The first-order valence-corrected chi connectivity index (χ1v) is 5.61. The number of likely N-dealkylation sites (tertiary alicyclic amines) is 1. The average molecular weight is 269 g/mol. The molecule has 1 aromatic rings. The summed E-state index contributed by atoms with van der Waals surface area (Å²) in [5.74, 6) is -3.32. The third kappa shape index (κ3) is 2.61. The molecule has 0 spiro atoms. The summed E-state index contributed by atoms with van der Waals surface area (Å²) in [5, 5.41) is 8.86. The molecule has 1 unspecified atom stereocenters. The van der Waals surface area contributed by atoms with Gasteiger partial charge in [-0.1, -0.05) is 0 Å². The number of carbonyl (C=O) groups excluding carboxylic acids is 1. The summed E-state index contributed by atoms with van der Waals surface area (Å²) in [5.41, 5.74) is 0. The van der Waals surface area contributed by atoms with E-state index < -0.39 is 23.6 Å². The van der Waals surface area contributed by atoms with Crippen molar-refractivity contribution in [1.29, 1.82) is 0 Å². The molecule has 1 atom stereocenters. The van der Waals surface area contributed by atoms with Gasteiger partial charge in [-0.3, -0.25) is 9.59 Å². The second kappa shape index (κ2) is 5.17. The van der Waals surface area contributed by atoms with Gasteiger partial charge in [-0.15, -0.1) is 0 Å². The summed E-state index contributed by atoms with van der Waals surface area (Å²) in [6, 6.07) is 0. The van der Waals surface area contributed by atoms with Crippen LogP contribution in [-0.2, 0) is 4.79 Å². The van der Waals surface area contributed by atoms with E-state index in [1.54, 1.807) is 0 Å². The van der Waals surface area contributed by atoms with Crippen molar-refractivity contribution in [3.63, 3.8) is 0 Å². The monoisotopic (exact) mass is 269 g/mol. The lowest BCUT2D eigenvalue weighted by Gasteiger charge is -2.14. The smallest absolute Gasteiger partial charge is 0.308 e. The first-order chi connectivity index (χ1) is 9.02. The van der Waals surface area contributed by atoms with E-state index in [1.807, 2.05) is 0 Å². The Labute approximate surface area is 108 Å². The van der Waals surface area contributed by atoms with E-state index in [0.29, 0.717) is 13.0 Å². The molecule has 1 N–H and O–H groups in total. The van der Waals surface area contributed by atoms with Gasteiger partial charge >= 0.3 is 5.97 Å². The van der Waals surface area contributed by atoms with Gasteiger partial charge in [0.05, 0.1) is 19.2 Å². The zero-order valence-electron chi connectivity index (χ0n) is 10.2. The molecule has 2 heterocycles. The Morgan fingerprint density at radius 3 is 2.89 bits per heavy atom. The Hall–Kier alpha value is -2.25. The fraction of sp³-hybridized carbons (Fsp3) is 0.455. The van der Waals surface area contributed by atoms with Crippen LogP contribution in [0.25, 0.3) is 0 Å². The number of aromatic nitrogens is 2. The number of carboxylic acid groups (broad SMARTS) is 1. The number of halogens is 1. The van der Waals surface area contributed by atoms with Crippen LogP contribution in [0.2, 0.25) is 0 Å². The Morgan fingerprint density at radius 1 is 1.58 bits per heavy atom. The number of hydrogen-bond donors (Lipinski definition) is 1. The Morgan fingerprint density at radius 2 is 2.32 bits per heavy atom. The first kappa shape index (κ1) is 13.2. The van der Waals surface area contributed by atoms with Crippen LogP contribution in [0.15, 0.2) is 6.20 Å². The molecule has 1 amide bonds. The lowest BCUT2D eigenvalue weighted by Crippen LogP contribution is -2.31. The van der Waals surface area contributed by atoms with Crippen molar-refractivity contribution >= 4 is 11.9 Å². The van der Waals surface area contributed by atoms with Crippen LogP contribution in [0.5, 0.6) is 5.88 Å². The van der Waals surface area contributed by atoms with Crippen LogP contribution in [0.3, 0.4) is 0 Å². The third-order valence-corrected chi connectivity index (χ3v) is 2.92. The maximum atomic E-state index is 13.1. The quantitative estimate of drug-likeness (QED) is 0.841. The van der Waals surface area contributed by atoms with Crippen molar-refractivity contribution in [2.75, 3.05) is 20.2 Å². The summed E-state index contributed by atoms with van der Waals surface area (Å²) in [6.07, 6.45) is 1.24. The van der Waals surface area contributed by atoms with Gasteiger partial charge < -0.3 is 14.7 Å². The summed E-state index contributed by atoms with van der Waals surface area (Å²) in [6.45, 7) is 0.427. The third-order valence-electron chi connectivity index (χ3n) is 2.92. The molecule has 8 heteroatoms. The van der Waals surface area contributed by atoms with Gasteiger partial charge in [0.25, 0.3) is 11.8 Å². The predicted molar refractivity (Wildman–Crippen MR) is 60.2 cm³/mol. The van der Waals surface area contributed by atoms with Gasteiger partial charge in [0, 0.05) is 13.1 Å². The number of methoxy groups -OCH3 is 1. The van der Waals surface area contributed by atoms with Crippen molar-refractivity contribution in [3.8, 4) is 5.88 Å². The summed E-state index contributed by atoms with van der Waals surface area (Å²) in [4.78, 5) is 31.4. The number of carboxylic acids is 1. The minimum absolute atomic E-state index is 0.108. The molecule has 7 nitrogen and oxygen atoms in total. The minimum atomic E-state index is -0.937. The topological polar surface area (TPSA) is 92.6 Å². The van der Waals surface area contributed by atoms with Crippen molar-refractivity contribution in [3.05, 3.63) is 17.8 Å². The average Bonchev–Trinajstić information content (AvgIpc) is 2.88. The highest BCUT2D eigenvalue weighted by atomic mass is 19.1. The number of amides is 1. The van der Waals surface area contributed by atoms with E-state index in [1.165, 1.54) is 12.0 Å². The molecule has 1 aliphatic rings. The molecule has 19 heavy (non-hydrogen) atoms. The number of carbonyl (C=O) groups is 2. The number of rotatable bonds is 3. The fourth-order valence-corrected chi connectivity index (χ4v) is 1.89. The van der Waals surface area contributed by atoms with Crippen LogP contribution < -0.4 is 4.74 Å². The van der Waals surface area contributed by atoms with Crippen molar-refractivity contribution < 1.29 is 23.8 Å². The Balaban J connectivity index is 2.14. The molecular formula is C11H12FN3O4. The molecule has 1 saturated heterocycles. The van der Waals surface area contributed by atoms with Crippen LogP contribution in [0, 0.1) is 11.7 Å². The second-order valence-corrected chi connectivity index (χ2v) is 4.13. The highest BCUT2D eigenvalue weighted by Gasteiger charge is 2.32. The molecule has 2 rings (SSSR count). The zero-order valence-corrected chi connectivity index (χ0v) is 10.2. The molecule has 0 radical (unpaired) electrons. The van der Waals surface area contributed by atoms with E-state index in [4.69, 9.17) is 5.11 Å². The molecule has 0 aliphatic carbocycles. The summed E-state index contributed by atoms with van der Waals surface area (Å²) in [7, 11) is 1.23. The minimum Gasteiger partial charge on any atom is -0.481 e. The number of nitrogens with zero attached hydrogens (tertiary/aromatic N) is 3. The lowest BCUT2D eigenvalue weighted by molar-refractivity contribution is -0.141.